The second-order valence-corrected chi connectivity index (χ2v) is 5.55. The number of nitrogens with zero attached hydrogens (tertiary/aromatic N) is 2. The van der Waals surface area contributed by atoms with Gasteiger partial charge in [-0.15, -0.1) is 0 Å². The van der Waals surface area contributed by atoms with Crippen LogP contribution in [0.1, 0.15) is 54.3 Å². The molecule has 0 atom stereocenters. The minimum atomic E-state index is -0.229. The zero-order valence-electron chi connectivity index (χ0n) is 13.7. The van der Waals surface area contributed by atoms with Gasteiger partial charge in [0.15, 0.2) is 0 Å². The van der Waals surface area contributed by atoms with Crippen molar-refractivity contribution in [1.82, 2.24) is 15.1 Å². The minimum absolute atomic E-state index is 0.0140. The van der Waals surface area contributed by atoms with Gasteiger partial charge >= 0.3 is 0 Å². The molecule has 1 amide bonds. The predicted octanol–water partition coefficient (Wildman–Crippen LogP) is 2.89. The molecule has 2 aromatic rings. The molecule has 0 bridgehead atoms. The Hall–Kier alpha value is -2.50. The topological polar surface area (TPSA) is 87.4 Å². The van der Waals surface area contributed by atoms with E-state index in [0.29, 0.717) is 11.1 Å². The highest BCUT2D eigenvalue weighted by Crippen LogP contribution is 2.23. The van der Waals surface area contributed by atoms with Crippen LogP contribution in [0, 0.1) is 6.92 Å². The number of carbonyl (C=O) groups excluding carboxylic acids is 1. The van der Waals surface area contributed by atoms with Crippen LogP contribution < -0.4 is 5.32 Å². The number of aromatic nitrogens is 2. The van der Waals surface area contributed by atoms with E-state index in [-0.39, 0.29) is 30.0 Å². The van der Waals surface area contributed by atoms with Gasteiger partial charge in [0.1, 0.15) is 11.5 Å². The van der Waals surface area contributed by atoms with Gasteiger partial charge in [0.2, 0.25) is 0 Å². The van der Waals surface area contributed by atoms with Crippen LogP contribution in [0.4, 0.5) is 0 Å². The fourth-order valence-corrected chi connectivity index (χ4v) is 2.62. The molecule has 124 valence electrons. The van der Waals surface area contributed by atoms with Crippen molar-refractivity contribution in [3.05, 3.63) is 41.2 Å². The number of hydrogen-bond donors (Lipinski definition) is 3. The molecule has 6 nitrogen and oxygen atoms in total. The molecule has 23 heavy (non-hydrogen) atoms. The summed E-state index contributed by atoms with van der Waals surface area (Å²) in [6.45, 7) is 6.27. The molecule has 0 fully saturated rings. The largest absolute Gasteiger partial charge is 0.508 e. The maximum atomic E-state index is 12.3. The van der Waals surface area contributed by atoms with Gasteiger partial charge in [0, 0.05) is 23.9 Å². The lowest BCUT2D eigenvalue weighted by atomic mass is 10.1. The molecule has 3 N–H and O–H groups in total. The van der Waals surface area contributed by atoms with Gasteiger partial charge in [0.05, 0.1) is 17.8 Å². The standard InChI is InChI=1S/C17H23N3O3/c1-4-13(5-2)20-11(3)15(10-19-20)17(23)18-9-12-6-7-14(21)8-16(12)22/h6-8,10,13,21-22H,4-5,9H2,1-3H3,(H,18,23). The van der Waals surface area contributed by atoms with Crippen molar-refractivity contribution < 1.29 is 15.0 Å². The van der Waals surface area contributed by atoms with E-state index in [9.17, 15) is 15.0 Å². The third-order valence-corrected chi connectivity index (χ3v) is 4.09. The third kappa shape index (κ3) is 3.64. The Morgan fingerprint density at radius 1 is 1.30 bits per heavy atom. The SMILES string of the molecule is CCC(CC)n1ncc(C(=O)NCc2ccc(O)cc2O)c1C. The van der Waals surface area contributed by atoms with Crippen molar-refractivity contribution in [1.29, 1.82) is 0 Å². The number of phenols is 2. The molecule has 2 rings (SSSR count). The normalized spacial score (nSPS) is 11.0. The lowest BCUT2D eigenvalue weighted by Gasteiger charge is -2.15. The van der Waals surface area contributed by atoms with Gasteiger partial charge in [-0.25, -0.2) is 0 Å². The molecule has 0 radical (unpaired) electrons. The molecule has 0 saturated heterocycles. The van der Waals surface area contributed by atoms with Gasteiger partial charge in [-0.3, -0.25) is 9.48 Å². The summed E-state index contributed by atoms with van der Waals surface area (Å²) < 4.78 is 1.90. The molecule has 0 aliphatic heterocycles. The molecule has 1 aromatic carbocycles. The second kappa shape index (κ2) is 7.17. The van der Waals surface area contributed by atoms with E-state index in [1.54, 1.807) is 12.3 Å². The van der Waals surface area contributed by atoms with E-state index >= 15 is 0 Å². The zero-order chi connectivity index (χ0) is 17.0. The first-order chi connectivity index (χ1) is 11.0. The van der Waals surface area contributed by atoms with Crippen LogP contribution in [0.2, 0.25) is 0 Å². The summed E-state index contributed by atoms with van der Waals surface area (Å²) in [6, 6.07) is 4.58. The number of amides is 1. The number of rotatable bonds is 6. The van der Waals surface area contributed by atoms with E-state index in [0.717, 1.165) is 18.5 Å². The first-order valence-corrected chi connectivity index (χ1v) is 7.81. The van der Waals surface area contributed by atoms with Crippen LogP contribution >= 0.6 is 0 Å². The fraction of sp³-hybridized carbons (Fsp3) is 0.412. The molecule has 0 spiro atoms. The summed E-state index contributed by atoms with van der Waals surface area (Å²) in [7, 11) is 0. The summed E-state index contributed by atoms with van der Waals surface area (Å²) in [4.78, 5) is 12.3. The maximum Gasteiger partial charge on any atom is 0.255 e. The number of phenolic OH excluding ortho intramolecular Hbond substituents is 2. The lowest BCUT2D eigenvalue weighted by Crippen LogP contribution is -2.23. The zero-order valence-corrected chi connectivity index (χ0v) is 13.7. The van der Waals surface area contributed by atoms with E-state index in [4.69, 9.17) is 0 Å². The van der Waals surface area contributed by atoms with Crippen LogP contribution in [0.5, 0.6) is 11.5 Å². The second-order valence-electron chi connectivity index (χ2n) is 5.55. The summed E-state index contributed by atoms with van der Waals surface area (Å²) >= 11 is 0. The molecule has 0 aliphatic carbocycles. The average molecular weight is 317 g/mol. The molecule has 0 unspecified atom stereocenters. The molecular weight excluding hydrogens is 294 g/mol. The Morgan fingerprint density at radius 3 is 2.61 bits per heavy atom. The van der Waals surface area contributed by atoms with Crippen molar-refractivity contribution in [3.63, 3.8) is 0 Å². The first kappa shape index (κ1) is 16.9. The van der Waals surface area contributed by atoms with Crippen LogP contribution in [0.15, 0.2) is 24.4 Å². The monoisotopic (exact) mass is 317 g/mol. The van der Waals surface area contributed by atoms with E-state index in [2.05, 4.69) is 24.3 Å². The minimum Gasteiger partial charge on any atom is -0.508 e. The van der Waals surface area contributed by atoms with E-state index in [1.165, 1.54) is 12.1 Å². The molecular formula is C17H23N3O3. The van der Waals surface area contributed by atoms with Crippen molar-refractivity contribution in [3.8, 4) is 11.5 Å². The molecule has 6 heteroatoms. The number of hydrogen-bond acceptors (Lipinski definition) is 4. The highest BCUT2D eigenvalue weighted by molar-refractivity contribution is 5.95. The molecule has 0 saturated carbocycles. The van der Waals surface area contributed by atoms with Gasteiger partial charge in [-0.05, 0) is 31.9 Å². The Balaban J connectivity index is 2.09. The van der Waals surface area contributed by atoms with Crippen molar-refractivity contribution in [2.75, 3.05) is 0 Å². The Morgan fingerprint density at radius 2 is 2.00 bits per heavy atom. The first-order valence-electron chi connectivity index (χ1n) is 7.81. The van der Waals surface area contributed by atoms with Gasteiger partial charge in [0.25, 0.3) is 5.91 Å². The predicted molar refractivity (Wildman–Crippen MR) is 87.5 cm³/mol. The number of benzene rings is 1. The number of carbonyl (C=O) groups is 1. The summed E-state index contributed by atoms with van der Waals surface area (Å²) in [5, 5.41) is 26.1. The Labute approximate surface area is 135 Å². The van der Waals surface area contributed by atoms with E-state index < -0.39 is 0 Å². The highest BCUT2D eigenvalue weighted by atomic mass is 16.3. The summed E-state index contributed by atoms with van der Waals surface area (Å²) in [6.07, 6.45) is 3.50. The third-order valence-electron chi connectivity index (χ3n) is 4.09. The summed E-state index contributed by atoms with van der Waals surface area (Å²) in [5.41, 5.74) is 1.92. The van der Waals surface area contributed by atoms with Crippen LogP contribution in [0.3, 0.4) is 0 Å². The Bertz CT molecular complexity index is 690. The van der Waals surface area contributed by atoms with Gasteiger partial charge in [-0.2, -0.15) is 5.10 Å². The van der Waals surface area contributed by atoms with Crippen LogP contribution in [-0.4, -0.2) is 25.9 Å². The van der Waals surface area contributed by atoms with Gasteiger partial charge in [-0.1, -0.05) is 13.8 Å². The molecule has 1 aromatic heterocycles. The number of nitrogens with one attached hydrogen (secondary N) is 1. The lowest BCUT2D eigenvalue weighted by molar-refractivity contribution is 0.0950. The molecule has 1 heterocycles. The van der Waals surface area contributed by atoms with Crippen LogP contribution in [0.25, 0.3) is 0 Å². The van der Waals surface area contributed by atoms with Crippen molar-refractivity contribution in [2.24, 2.45) is 0 Å². The van der Waals surface area contributed by atoms with Crippen LogP contribution in [-0.2, 0) is 6.54 Å². The van der Waals surface area contributed by atoms with Gasteiger partial charge < -0.3 is 15.5 Å². The van der Waals surface area contributed by atoms with Crippen molar-refractivity contribution >= 4 is 5.91 Å². The average Bonchev–Trinajstić information content (AvgIpc) is 2.89. The smallest absolute Gasteiger partial charge is 0.255 e. The fourth-order valence-electron chi connectivity index (χ4n) is 2.62. The molecule has 0 aliphatic rings. The van der Waals surface area contributed by atoms with E-state index in [1.807, 2.05) is 11.6 Å². The highest BCUT2D eigenvalue weighted by Gasteiger charge is 2.18. The summed E-state index contributed by atoms with van der Waals surface area (Å²) in [5.74, 6) is -0.290. The quantitative estimate of drug-likeness (QED) is 0.764. The van der Waals surface area contributed by atoms with Crippen molar-refractivity contribution in [2.45, 2.75) is 46.2 Å². The maximum absolute atomic E-state index is 12.3. The Kier molecular flexibility index (Phi) is 5.26. The number of aromatic hydroxyl groups is 2.